The van der Waals surface area contributed by atoms with Gasteiger partial charge < -0.3 is 33.5 Å². The average Bonchev–Trinajstić information content (AvgIpc) is 3.05. The second-order valence-corrected chi connectivity index (χ2v) is 7.37. The van der Waals surface area contributed by atoms with Crippen LogP contribution in [-0.4, -0.2) is 65.6 Å². The molecule has 0 aromatic heterocycles. The Hall–Kier alpha value is -0.870. The molecule has 8 heteroatoms. The minimum Gasteiger partial charge on any atom is -0.365 e. The van der Waals surface area contributed by atoms with Crippen LogP contribution in [0.25, 0.3) is 0 Å². The Kier molecular flexibility index (Phi) is 3.51. The Morgan fingerprint density at radius 2 is 1.79 bits per heavy atom. The van der Waals surface area contributed by atoms with Gasteiger partial charge in [-0.1, -0.05) is 0 Å². The second kappa shape index (κ2) is 5.07. The molecule has 0 aromatic rings. The van der Waals surface area contributed by atoms with Crippen LogP contribution in [0.15, 0.2) is 12.2 Å². The number of hydrogen-bond donors (Lipinski definition) is 1. The molecule has 8 nitrogen and oxygen atoms in total. The first kappa shape index (κ1) is 16.6. The lowest BCUT2D eigenvalue weighted by Crippen LogP contribution is -2.62. The van der Waals surface area contributed by atoms with Crippen molar-refractivity contribution in [1.82, 2.24) is 0 Å². The SMILES string of the molecule is CC1(C)OC[C@H]([C@H]2O[C@@H]3OC(C)(C)O[C@@H]3[C@]23OC(O)C=CC3=O)O1. The van der Waals surface area contributed by atoms with Gasteiger partial charge in [0.2, 0.25) is 0 Å². The summed E-state index contributed by atoms with van der Waals surface area (Å²) in [5, 5.41) is 9.98. The molecule has 4 aliphatic rings. The van der Waals surface area contributed by atoms with Crippen molar-refractivity contribution in [3.05, 3.63) is 12.2 Å². The molecule has 1 unspecified atom stereocenters. The number of ketones is 1. The van der Waals surface area contributed by atoms with Gasteiger partial charge >= 0.3 is 0 Å². The first-order valence-electron chi connectivity index (χ1n) is 8.04. The van der Waals surface area contributed by atoms with E-state index in [1.807, 2.05) is 0 Å². The molecule has 3 saturated heterocycles. The van der Waals surface area contributed by atoms with E-state index >= 15 is 0 Å². The van der Waals surface area contributed by atoms with Crippen molar-refractivity contribution in [2.75, 3.05) is 6.61 Å². The predicted molar refractivity (Wildman–Crippen MR) is 77.6 cm³/mol. The predicted octanol–water partition coefficient (Wildman–Crippen LogP) is 0.227. The molecule has 24 heavy (non-hydrogen) atoms. The van der Waals surface area contributed by atoms with Crippen LogP contribution in [0, 0.1) is 0 Å². The molecule has 1 N–H and O–H groups in total. The largest absolute Gasteiger partial charge is 0.365 e. The number of fused-ring (bicyclic) bond motifs is 2. The minimum absolute atomic E-state index is 0.235. The summed E-state index contributed by atoms with van der Waals surface area (Å²) in [4.78, 5) is 12.8. The van der Waals surface area contributed by atoms with Gasteiger partial charge in [-0.05, 0) is 39.8 Å². The van der Waals surface area contributed by atoms with E-state index in [9.17, 15) is 9.90 Å². The van der Waals surface area contributed by atoms with Crippen LogP contribution in [0.5, 0.6) is 0 Å². The van der Waals surface area contributed by atoms with Gasteiger partial charge in [0.25, 0.3) is 0 Å². The van der Waals surface area contributed by atoms with Crippen LogP contribution in [-0.2, 0) is 33.2 Å². The van der Waals surface area contributed by atoms with Gasteiger partial charge in [-0.3, -0.25) is 4.79 Å². The summed E-state index contributed by atoms with van der Waals surface area (Å²) in [5.41, 5.74) is -1.54. The molecule has 4 aliphatic heterocycles. The van der Waals surface area contributed by atoms with E-state index in [0.717, 1.165) is 0 Å². The van der Waals surface area contributed by atoms with Gasteiger partial charge in [0.15, 0.2) is 41.6 Å². The number of aliphatic hydroxyl groups excluding tert-OH is 1. The molecule has 6 atom stereocenters. The maximum absolute atomic E-state index is 12.8. The van der Waals surface area contributed by atoms with E-state index in [-0.39, 0.29) is 12.4 Å². The molecule has 0 radical (unpaired) electrons. The molecule has 3 fully saturated rings. The van der Waals surface area contributed by atoms with Gasteiger partial charge in [0.05, 0.1) is 6.61 Å². The maximum Gasteiger partial charge on any atom is 0.193 e. The summed E-state index contributed by atoms with van der Waals surface area (Å²) >= 11 is 0. The summed E-state index contributed by atoms with van der Waals surface area (Å²) in [5.74, 6) is -2.06. The fraction of sp³-hybridized carbons (Fsp3) is 0.812. The lowest BCUT2D eigenvalue weighted by Gasteiger charge is -2.40. The lowest BCUT2D eigenvalue weighted by atomic mass is 9.83. The van der Waals surface area contributed by atoms with Gasteiger partial charge in [-0.2, -0.15) is 0 Å². The van der Waals surface area contributed by atoms with Crippen LogP contribution in [0.1, 0.15) is 27.7 Å². The molecule has 4 rings (SSSR count). The highest BCUT2D eigenvalue weighted by Gasteiger charge is 2.71. The van der Waals surface area contributed by atoms with Crippen molar-refractivity contribution in [3.8, 4) is 0 Å². The fourth-order valence-corrected chi connectivity index (χ4v) is 3.77. The number of ether oxygens (including phenoxy) is 6. The van der Waals surface area contributed by atoms with E-state index in [0.29, 0.717) is 0 Å². The van der Waals surface area contributed by atoms with Crippen molar-refractivity contribution < 1.29 is 38.3 Å². The van der Waals surface area contributed by atoms with Crippen molar-refractivity contribution >= 4 is 5.78 Å². The first-order valence-corrected chi connectivity index (χ1v) is 8.04. The molecule has 0 amide bonds. The summed E-state index contributed by atoms with van der Waals surface area (Å²) in [6, 6.07) is 0. The van der Waals surface area contributed by atoms with E-state index in [1.54, 1.807) is 27.7 Å². The molecule has 1 spiro atoms. The third-order valence-electron chi connectivity index (χ3n) is 4.67. The topological polar surface area (TPSA) is 92.7 Å². The monoisotopic (exact) mass is 342 g/mol. The fourth-order valence-electron chi connectivity index (χ4n) is 3.77. The van der Waals surface area contributed by atoms with E-state index in [1.165, 1.54) is 12.2 Å². The van der Waals surface area contributed by atoms with Crippen LogP contribution in [0.4, 0.5) is 0 Å². The lowest BCUT2D eigenvalue weighted by molar-refractivity contribution is -0.268. The molecule has 0 aromatic carbocycles. The van der Waals surface area contributed by atoms with Crippen LogP contribution in [0.2, 0.25) is 0 Å². The number of hydrogen-bond acceptors (Lipinski definition) is 8. The van der Waals surface area contributed by atoms with Crippen LogP contribution in [0.3, 0.4) is 0 Å². The van der Waals surface area contributed by atoms with Crippen LogP contribution < -0.4 is 0 Å². The summed E-state index contributed by atoms with van der Waals surface area (Å²) in [6.45, 7) is 7.26. The minimum atomic E-state index is -1.54. The first-order chi connectivity index (χ1) is 11.1. The molecule has 134 valence electrons. The normalized spacial score (nSPS) is 49.0. The van der Waals surface area contributed by atoms with Gasteiger partial charge in [0.1, 0.15) is 12.2 Å². The van der Waals surface area contributed by atoms with Gasteiger partial charge in [-0.25, -0.2) is 0 Å². The molecule has 0 bridgehead atoms. The van der Waals surface area contributed by atoms with Crippen molar-refractivity contribution in [2.45, 2.75) is 75.8 Å². The zero-order chi connectivity index (χ0) is 17.3. The highest BCUT2D eigenvalue weighted by Crippen LogP contribution is 2.49. The molecule has 4 heterocycles. The molecule has 0 saturated carbocycles. The second-order valence-electron chi connectivity index (χ2n) is 7.37. The smallest absolute Gasteiger partial charge is 0.193 e. The van der Waals surface area contributed by atoms with Gasteiger partial charge in [0, 0.05) is 0 Å². The van der Waals surface area contributed by atoms with E-state index in [2.05, 4.69) is 0 Å². The van der Waals surface area contributed by atoms with Crippen molar-refractivity contribution in [1.29, 1.82) is 0 Å². The molecular weight excluding hydrogens is 320 g/mol. The Balaban J connectivity index is 1.72. The third-order valence-corrected chi connectivity index (χ3v) is 4.67. The van der Waals surface area contributed by atoms with E-state index in [4.69, 9.17) is 28.4 Å². The number of carbonyl (C=O) groups is 1. The van der Waals surface area contributed by atoms with E-state index < -0.39 is 48.1 Å². The van der Waals surface area contributed by atoms with Crippen LogP contribution >= 0.6 is 0 Å². The Bertz CT molecular complexity index is 585. The Morgan fingerprint density at radius 3 is 2.46 bits per heavy atom. The standard InChI is InChI=1S/C16H22O8/c1-14(2)19-7-8(21-14)11-16(9(17)5-6-10(18)22-16)12-13(20-11)24-15(3,4)23-12/h5-6,8,10-13,18H,7H2,1-4H3/t8-,10?,11-,12+,13-,16-/m1/s1. The zero-order valence-electron chi connectivity index (χ0n) is 14.1. The quantitative estimate of drug-likeness (QED) is 0.724. The summed E-state index contributed by atoms with van der Waals surface area (Å²) < 4.78 is 34.8. The third kappa shape index (κ3) is 2.37. The Labute approximate surface area is 139 Å². The number of aliphatic hydroxyl groups is 1. The maximum atomic E-state index is 12.8. The zero-order valence-corrected chi connectivity index (χ0v) is 14.1. The summed E-state index contributed by atoms with van der Waals surface area (Å²) in [6.07, 6.45) is -1.63. The number of rotatable bonds is 1. The molecule has 0 aliphatic carbocycles. The highest BCUT2D eigenvalue weighted by atomic mass is 16.9. The Morgan fingerprint density at radius 1 is 1.04 bits per heavy atom. The molecular formula is C16H22O8. The van der Waals surface area contributed by atoms with Crippen molar-refractivity contribution in [2.24, 2.45) is 0 Å². The van der Waals surface area contributed by atoms with Gasteiger partial charge in [-0.15, -0.1) is 0 Å². The average molecular weight is 342 g/mol. The number of carbonyl (C=O) groups excluding carboxylic acids is 1. The highest BCUT2D eigenvalue weighted by molar-refractivity contribution is 5.99. The van der Waals surface area contributed by atoms with Crippen molar-refractivity contribution in [3.63, 3.8) is 0 Å². The summed E-state index contributed by atoms with van der Waals surface area (Å²) in [7, 11) is 0.